The largest absolute Gasteiger partial charge is 0.340 e. The van der Waals surface area contributed by atoms with E-state index in [0.29, 0.717) is 19.4 Å². The lowest BCUT2D eigenvalue weighted by molar-refractivity contribution is -0.146. The molecule has 1 aliphatic rings. The molecule has 0 saturated carbocycles. The summed E-state index contributed by atoms with van der Waals surface area (Å²) in [5.74, 6) is 0.0748. The van der Waals surface area contributed by atoms with Crippen LogP contribution in [-0.4, -0.2) is 35.7 Å². The van der Waals surface area contributed by atoms with Crippen LogP contribution in [0.4, 0.5) is 0 Å². The second kappa shape index (κ2) is 6.84. The number of hydrogen-bond acceptors (Lipinski definition) is 4. The van der Waals surface area contributed by atoms with E-state index in [9.17, 15) is 9.59 Å². The highest BCUT2D eigenvalue weighted by molar-refractivity contribution is 7.10. The molecule has 23 heavy (non-hydrogen) atoms. The van der Waals surface area contributed by atoms with Crippen LogP contribution >= 0.6 is 22.7 Å². The molecule has 6 heteroatoms. The van der Waals surface area contributed by atoms with Crippen LogP contribution in [0.5, 0.6) is 0 Å². The number of thiophene rings is 2. The molecule has 3 heterocycles. The Morgan fingerprint density at radius 1 is 1.30 bits per heavy atom. The number of amides is 2. The third kappa shape index (κ3) is 3.33. The maximum Gasteiger partial charge on any atom is 0.228 e. The fourth-order valence-corrected chi connectivity index (χ4v) is 4.83. The lowest BCUT2D eigenvalue weighted by Crippen LogP contribution is -2.46. The van der Waals surface area contributed by atoms with E-state index < -0.39 is 0 Å². The van der Waals surface area contributed by atoms with E-state index >= 15 is 0 Å². The molecule has 0 unspecified atom stereocenters. The Labute approximate surface area is 144 Å². The van der Waals surface area contributed by atoms with Gasteiger partial charge in [-0.05, 0) is 29.3 Å². The Bertz CT molecular complexity index is 667. The van der Waals surface area contributed by atoms with E-state index in [4.69, 9.17) is 0 Å². The second-order valence-electron chi connectivity index (χ2n) is 5.88. The number of nitrogens with zero attached hydrogens (tertiary/aromatic N) is 2. The first kappa shape index (κ1) is 16.2. The lowest BCUT2D eigenvalue weighted by atomic mass is 9.87. The Kier molecular flexibility index (Phi) is 4.82. The molecule has 0 aromatic carbocycles. The van der Waals surface area contributed by atoms with Gasteiger partial charge in [0, 0.05) is 30.3 Å². The van der Waals surface area contributed by atoms with Crippen LogP contribution < -0.4 is 0 Å². The van der Waals surface area contributed by atoms with Crippen LogP contribution in [0.3, 0.4) is 0 Å². The molecule has 0 bridgehead atoms. The highest BCUT2D eigenvalue weighted by atomic mass is 32.1. The third-order valence-corrected chi connectivity index (χ3v) is 6.17. The number of likely N-dealkylation sites (tertiary alicyclic amines) is 1. The molecule has 0 aliphatic carbocycles. The zero-order valence-corrected chi connectivity index (χ0v) is 14.9. The molecule has 0 spiro atoms. The molecule has 3 rings (SSSR count). The number of hydrogen-bond donors (Lipinski definition) is 0. The molecule has 0 radical (unpaired) electrons. The average molecular weight is 348 g/mol. The minimum Gasteiger partial charge on any atom is -0.340 e. The Morgan fingerprint density at radius 2 is 2.04 bits per heavy atom. The van der Waals surface area contributed by atoms with Crippen molar-refractivity contribution < 1.29 is 9.59 Å². The lowest BCUT2D eigenvalue weighted by Gasteiger charge is -2.39. The van der Waals surface area contributed by atoms with E-state index in [0.717, 1.165) is 4.88 Å². The van der Waals surface area contributed by atoms with Crippen LogP contribution in [0.1, 0.15) is 28.6 Å². The predicted octanol–water partition coefficient (Wildman–Crippen LogP) is 3.38. The van der Waals surface area contributed by atoms with Crippen LogP contribution in [0.25, 0.3) is 0 Å². The highest BCUT2D eigenvalue weighted by Gasteiger charge is 2.40. The van der Waals surface area contributed by atoms with Crippen molar-refractivity contribution in [3.63, 3.8) is 0 Å². The maximum atomic E-state index is 13.0. The summed E-state index contributed by atoms with van der Waals surface area (Å²) >= 11 is 3.27. The summed E-state index contributed by atoms with van der Waals surface area (Å²) in [5.41, 5.74) is 0. The normalized spacial score (nSPS) is 21.5. The predicted molar refractivity (Wildman–Crippen MR) is 93.3 cm³/mol. The number of rotatable bonds is 4. The van der Waals surface area contributed by atoms with Gasteiger partial charge in [-0.2, -0.15) is 0 Å². The molecular weight excluding hydrogens is 328 g/mol. The van der Waals surface area contributed by atoms with Crippen molar-refractivity contribution in [1.82, 2.24) is 9.80 Å². The minimum absolute atomic E-state index is 0.119. The third-order valence-electron chi connectivity index (χ3n) is 4.36. The van der Waals surface area contributed by atoms with Crippen molar-refractivity contribution in [3.8, 4) is 0 Å². The summed E-state index contributed by atoms with van der Waals surface area (Å²) in [6.45, 7) is 0.627. The molecule has 2 amide bonds. The van der Waals surface area contributed by atoms with Gasteiger partial charge in [-0.1, -0.05) is 12.1 Å². The maximum absolute atomic E-state index is 13.0. The highest BCUT2D eigenvalue weighted by Crippen LogP contribution is 2.38. The SMILES string of the molecule is CN(Cc1cccs1)C(=O)[C@H]1CCC(=O)N(C)[C@H]1c1cccs1. The topological polar surface area (TPSA) is 40.6 Å². The number of carbonyl (C=O) groups excluding carboxylic acids is 2. The van der Waals surface area contributed by atoms with Gasteiger partial charge < -0.3 is 9.80 Å². The minimum atomic E-state index is -0.165. The first-order valence-electron chi connectivity index (χ1n) is 7.64. The van der Waals surface area contributed by atoms with Gasteiger partial charge in [-0.25, -0.2) is 0 Å². The van der Waals surface area contributed by atoms with Gasteiger partial charge in [0.15, 0.2) is 0 Å². The Hall–Kier alpha value is -1.66. The summed E-state index contributed by atoms with van der Waals surface area (Å²) < 4.78 is 0. The van der Waals surface area contributed by atoms with Crippen molar-refractivity contribution in [2.45, 2.75) is 25.4 Å². The molecule has 0 N–H and O–H groups in total. The van der Waals surface area contributed by atoms with Crippen molar-refractivity contribution in [2.75, 3.05) is 14.1 Å². The van der Waals surface area contributed by atoms with Crippen LogP contribution in [0, 0.1) is 5.92 Å². The van der Waals surface area contributed by atoms with Crippen molar-refractivity contribution in [1.29, 1.82) is 0 Å². The van der Waals surface area contributed by atoms with Gasteiger partial charge in [-0.15, -0.1) is 22.7 Å². The van der Waals surface area contributed by atoms with Gasteiger partial charge in [0.25, 0.3) is 0 Å². The van der Waals surface area contributed by atoms with E-state index in [1.807, 2.05) is 49.1 Å². The molecule has 2 atom stereocenters. The van der Waals surface area contributed by atoms with E-state index in [-0.39, 0.29) is 23.8 Å². The van der Waals surface area contributed by atoms with Gasteiger partial charge in [0.2, 0.25) is 11.8 Å². The molecule has 1 aliphatic heterocycles. The van der Waals surface area contributed by atoms with Crippen molar-refractivity contribution >= 4 is 34.5 Å². The Morgan fingerprint density at radius 3 is 2.70 bits per heavy atom. The van der Waals surface area contributed by atoms with E-state index in [1.165, 1.54) is 4.88 Å². The molecule has 122 valence electrons. The fraction of sp³-hybridized carbons (Fsp3) is 0.412. The summed E-state index contributed by atoms with van der Waals surface area (Å²) in [4.78, 5) is 30.9. The van der Waals surface area contributed by atoms with Crippen LogP contribution in [0.2, 0.25) is 0 Å². The number of carbonyl (C=O) groups is 2. The molecule has 1 fully saturated rings. The van der Waals surface area contributed by atoms with Crippen molar-refractivity contribution in [2.24, 2.45) is 5.92 Å². The van der Waals surface area contributed by atoms with E-state index in [2.05, 4.69) is 0 Å². The summed E-state index contributed by atoms with van der Waals surface area (Å²) in [7, 11) is 3.66. The Balaban J connectivity index is 1.80. The molecule has 2 aromatic heterocycles. The van der Waals surface area contributed by atoms with Crippen LogP contribution in [0.15, 0.2) is 35.0 Å². The van der Waals surface area contributed by atoms with Crippen molar-refractivity contribution in [3.05, 3.63) is 44.8 Å². The average Bonchev–Trinajstić information content (AvgIpc) is 3.22. The summed E-state index contributed by atoms with van der Waals surface area (Å²) in [6, 6.07) is 7.89. The van der Waals surface area contributed by atoms with Crippen LogP contribution in [-0.2, 0) is 16.1 Å². The molecule has 2 aromatic rings. The van der Waals surface area contributed by atoms with E-state index in [1.54, 1.807) is 32.5 Å². The quantitative estimate of drug-likeness (QED) is 0.850. The molecule has 4 nitrogen and oxygen atoms in total. The summed E-state index contributed by atoms with van der Waals surface area (Å²) in [6.07, 6.45) is 1.07. The van der Waals surface area contributed by atoms with Gasteiger partial charge in [0.05, 0.1) is 18.5 Å². The molecule has 1 saturated heterocycles. The second-order valence-corrected chi connectivity index (χ2v) is 7.90. The fourth-order valence-electron chi connectivity index (χ4n) is 3.14. The van der Waals surface area contributed by atoms with Gasteiger partial charge in [-0.3, -0.25) is 9.59 Å². The first-order valence-corrected chi connectivity index (χ1v) is 9.40. The summed E-state index contributed by atoms with van der Waals surface area (Å²) in [5, 5.41) is 4.02. The van der Waals surface area contributed by atoms with Gasteiger partial charge >= 0.3 is 0 Å². The zero-order valence-electron chi connectivity index (χ0n) is 13.3. The van der Waals surface area contributed by atoms with Gasteiger partial charge in [0.1, 0.15) is 0 Å². The monoisotopic (exact) mass is 348 g/mol. The number of piperidine rings is 1. The molecular formula is C17H20N2O2S2. The standard InChI is InChI=1S/C17H20N2O2S2/c1-18(11-12-5-3-9-22-12)17(21)13-7-8-15(20)19(2)16(13)14-6-4-10-23-14/h3-6,9-10,13,16H,7-8,11H2,1-2H3/t13-,16+/m0/s1. The smallest absolute Gasteiger partial charge is 0.228 e. The zero-order chi connectivity index (χ0) is 16.4. The first-order chi connectivity index (χ1) is 11.1.